The Labute approximate surface area is 143 Å². The van der Waals surface area contributed by atoms with E-state index < -0.39 is 57.7 Å². The van der Waals surface area contributed by atoms with Crippen LogP contribution >= 0.6 is 15.2 Å². The molecule has 0 spiro atoms. The number of aliphatic hydroxyl groups is 1. The van der Waals surface area contributed by atoms with Crippen LogP contribution in [0.1, 0.15) is 6.23 Å². The molecule has 1 aromatic heterocycles. The fourth-order valence-corrected chi connectivity index (χ4v) is 4.74. The highest BCUT2D eigenvalue weighted by Crippen LogP contribution is 2.56. The Balaban J connectivity index is 2.17. The number of aromatic nitrogens is 2. The molecule has 1 aliphatic rings. The number of hydrogen-bond acceptors (Lipinski definition) is 8. The molecule has 12 nitrogen and oxygen atoms in total. The summed E-state index contributed by atoms with van der Waals surface area (Å²) in [5.74, 6) is -5.77. The second-order valence-corrected chi connectivity index (χ2v) is 9.42. The number of nitrogens with two attached hydrogens (primary N) is 1. The van der Waals surface area contributed by atoms with Crippen LogP contribution in [-0.2, 0) is 18.4 Å². The van der Waals surface area contributed by atoms with Crippen LogP contribution in [-0.4, -0.2) is 60.0 Å². The van der Waals surface area contributed by atoms with Gasteiger partial charge in [-0.05, 0) is 6.07 Å². The lowest BCUT2D eigenvalue weighted by Crippen LogP contribution is -2.41. The number of nitrogen functional groups attached to an aromatic ring is 1. The molecule has 1 saturated heterocycles. The molecule has 2 rings (SSSR count). The molecular formula is C10H15F2N3O9P2. The van der Waals surface area contributed by atoms with E-state index in [9.17, 15) is 32.7 Å². The van der Waals surface area contributed by atoms with E-state index in [0.717, 1.165) is 12.3 Å². The second kappa shape index (κ2) is 7.06. The van der Waals surface area contributed by atoms with Gasteiger partial charge in [-0.15, -0.1) is 0 Å². The van der Waals surface area contributed by atoms with Gasteiger partial charge in [0.1, 0.15) is 11.9 Å². The van der Waals surface area contributed by atoms with Crippen LogP contribution in [0.2, 0.25) is 0 Å². The smallest absolute Gasteiger partial charge is 0.351 e. The molecule has 1 unspecified atom stereocenters. The molecule has 0 radical (unpaired) electrons. The van der Waals surface area contributed by atoms with Crippen molar-refractivity contribution in [1.29, 1.82) is 0 Å². The SMILES string of the molecule is Nc1ccn([C@@H]2O[C@H](COP(=O)(O)CP(=O)(O)O)[C@H](O)C2(F)F)c(=O)n1. The molecule has 0 bridgehead atoms. The molecule has 4 atom stereocenters. The summed E-state index contributed by atoms with van der Waals surface area (Å²) >= 11 is 0. The largest absolute Gasteiger partial charge is 0.384 e. The summed E-state index contributed by atoms with van der Waals surface area (Å²) in [6, 6.07) is 1.04. The summed E-state index contributed by atoms with van der Waals surface area (Å²) in [5.41, 5.74) is 4.07. The Kier molecular flexibility index (Phi) is 5.72. The Morgan fingerprint density at radius 3 is 2.54 bits per heavy atom. The number of ether oxygens (including phenoxy) is 1. The van der Waals surface area contributed by atoms with E-state index in [1.165, 1.54) is 0 Å². The molecule has 148 valence electrons. The summed E-state index contributed by atoms with van der Waals surface area (Å²) in [7, 11) is -9.75. The lowest BCUT2D eigenvalue weighted by Gasteiger charge is -2.20. The molecule has 2 heterocycles. The van der Waals surface area contributed by atoms with Crippen molar-refractivity contribution < 1.29 is 47.0 Å². The molecule has 16 heteroatoms. The first-order valence-electron chi connectivity index (χ1n) is 6.80. The third-order valence-corrected chi connectivity index (χ3v) is 6.74. The Bertz CT molecular complexity index is 828. The maximum absolute atomic E-state index is 14.2. The lowest BCUT2D eigenvalue weighted by atomic mass is 10.1. The highest BCUT2D eigenvalue weighted by Gasteiger charge is 2.60. The average molecular weight is 421 g/mol. The first-order chi connectivity index (χ1) is 11.7. The number of nitrogens with zero attached hydrogens (tertiary/aromatic N) is 2. The molecule has 0 amide bonds. The number of hydrogen-bond donors (Lipinski definition) is 5. The summed E-state index contributed by atoms with van der Waals surface area (Å²) in [4.78, 5) is 41.6. The van der Waals surface area contributed by atoms with E-state index in [1.807, 2.05) is 0 Å². The number of anilines is 1. The molecule has 1 aliphatic heterocycles. The minimum Gasteiger partial charge on any atom is -0.384 e. The highest BCUT2D eigenvalue weighted by molar-refractivity contribution is 7.70. The summed E-state index contributed by atoms with van der Waals surface area (Å²) in [6.07, 6.45) is -5.83. The minimum atomic E-state index is -4.92. The van der Waals surface area contributed by atoms with E-state index in [4.69, 9.17) is 20.3 Å². The molecule has 0 aromatic carbocycles. The quantitative estimate of drug-likeness (QED) is 0.356. The van der Waals surface area contributed by atoms with Gasteiger partial charge in [0.2, 0.25) is 6.23 Å². The third-order valence-electron chi connectivity index (χ3n) is 3.29. The van der Waals surface area contributed by atoms with E-state index in [0.29, 0.717) is 4.57 Å². The number of aliphatic hydroxyl groups excluding tert-OH is 1. The fraction of sp³-hybridized carbons (Fsp3) is 0.600. The Morgan fingerprint density at radius 2 is 2.00 bits per heavy atom. The topological polar surface area (TPSA) is 194 Å². The van der Waals surface area contributed by atoms with Crippen molar-refractivity contribution in [2.75, 3.05) is 18.2 Å². The summed E-state index contributed by atoms with van der Waals surface area (Å²) in [5, 5.41) is 9.68. The van der Waals surface area contributed by atoms with Gasteiger partial charge in [0, 0.05) is 6.20 Å². The van der Waals surface area contributed by atoms with E-state index in [2.05, 4.69) is 9.51 Å². The van der Waals surface area contributed by atoms with Crippen LogP contribution in [0.5, 0.6) is 0 Å². The van der Waals surface area contributed by atoms with Crippen molar-refractivity contribution in [3.05, 3.63) is 22.7 Å². The minimum absolute atomic E-state index is 0.230. The van der Waals surface area contributed by atoms with Gasteiger partial charge in [0.25, 0.3) is 0 Å². The molecule has 26 heavy (non-hydrogen) atoms. The van der Waals surface area contributed by atoms with Gasteiger partial charge in [0.15, 0.2) is 12.0 Å². The van der Waals surface area contributed by atoms with E-state index in [-0.39, 0.29) is 5.82 Å². The van der Waals surface area contributed by atoms with Crippen molar-refractivity contribution >= 4 is 21.0 Å². The van der Waals surface area contributed by atoms with Gasteiger partial charge in [-0.2, -0.15) is 13.8 Å². The standard InChI is InChI=1S/C10H15F2N3O9P2/c11-10(12)7(16)5(3-23-26(21,22)4-25(18,19)20)24-8(10)15-2-1-6(13)14-9(15)17/h1-2,5,7-8,16H,3-4H2,(H,21,22)(H2,13,14,17)(H2,18,19,20)/t5-,7+,8-/m1/s1. The van der Waals surface area contributed by atoms with Crippen LogP contribution in [0.4, 0.5) is 14.6 Å². The van der Waals surface area contributed by atoms with E-state index >= 15 is 0 Å². The van der Waals surface area contributed by atoms with Crippen molar-refractivity contribution in [2.45, 2.75) is 24.4 Å². The highest BCUT2D eigenvalue weighted by atomic mass is 31.2. The molecule has 1 aromatic rings. The van der Waals surface area contributed by atoms with E-state index in [1.54, 1.807) is 0 Å². The fourth-order valence-electron chi connectivity index (χ4n) is 2.17. The van der Waals surface area contributed by atoms with Crippen molar-refractivity contribution in [1.82, 2.24) is 9.55 Å². The molecule has 0 aliphatic carbocycles. The monoisotopic (exact) mass is 421 g/mol. The molecule has 0 saturated carbocycles. The van der Waals surface area contributed by atoms with Crippen LogP contribution in [0.25, 0.3) is 0 Å². The third kappa shape index (κ3) is 4.72. The van der Waals surface area contributed by atoms with Crippen molar-refractivity contribution in [2.24, 2.45) is 0 Å². The average Bonchev–Trinajstić information content (AvgIpc) is 2.66. The lowest BCUT2D eigenvalue weighted by molar-refractivity contribution is -0.140. The number of rotatable bonds is 6. The second-order valence-electron chi connectivity index (χ2n) is 5.43. The zero-order valence-corrected chi connectivity index (χ0v) is 14.5. The maximum atomic E-state index is 14.2. The summed E-state index contributed by atoms with van der Waals surface area (Å²) < 4.78 is 60.3. The van der Waals surface area contributed by atoms with Gasteiger partial charge in [0.05, 0.1) is 6.61 Å². The van der Waals surface area contributed by atoms with Gasteiger partial charge < -0.3 is 34.8 Å². The molecular weight excluding hydrogens is 406 g/mol. The first-order valence-corrected chi connectivity index (χ1v) is 10.4. The van der Waals surface area contributed by atoms with Gasteiger partial charge in [-0.25, -0.2) is 4.79 Å². The Morgan fingerprint density at radius 1 is 1.38 bits per heavy atom. The molecule has 6 N–H and O–H groups in total. The van der Waals surface area contributed by atoms with Crippen LogP contribution in [0.3, 0.4) is 0 Å². The van der Waals surface area contributed by atoms with Crippen molar-refractivity contribution in [3.8, 4) is 0 Å². The predicted octanol–water partition coefficient (Wildman–Crippen LogP) is -0.944. The van der Waals surface area contributed by atoms with Crippen LogP contribution < -0.4 is 11.4 Å². The summed E-state index contributed by atoms with van der Waals surface area (Å²) in [6.45, 7) is -1.09. The van der Waals surface area contributed by atoms with Crippen LogP contribution in [0, 0.1) is 0 Å². The zero-order valence-electron chi connectivity index (χ0n) is 12.8. The van der Waals surface area contributed by atoms with Crippen molar-refractivity contribution in [3.63, 3.8) is 0 Å². The Hall–Kier alpha value is -1.24. The normalized spacial score (nSPS) is 28.0. The van der Waals surface area contributed by atoms with Gasteiger partial charge in [-0.3, -0.25) is 13.7 Å². The zero-order chi connectivity index (χ0) is 19.9. The molecule has 1 fully saturated rings. The van der Waals surface area contributed by atoms with Crippen LogP contribution in [0.15, 0.2) is 17.1 Å². The predicted molar refractivity (Wildman–Crippen MR) is 80.5 cm³/mol. The van der Waals surface area contributed by atoms with Gasteiger partial charge >= 0.3 is 26.8 Å². The number of halogens is 2. The number of alkyl halides is 2. The maximum Gasteiger partial charge on any atom is 0.351 e. The first kappa shape index (κ1) is 21.1. The van der Waals surface area contributed by atoms with Gasteiger partial charge in [-0.1, -0.05) is 0 Å².